The SMILES string of the molecule is Cc1cc(OCC(=O)NNC(=O)[C@H](C)Oc2c(C)cccc2C)cc(C)c1Cl. The summed E-state index contributed by atoms with van der Waals surface area (Å²) in [5.41, 5.74) is 8.26. The minimum Gasteiger partial charge on any atom is -0.484 e. The Labute approximate surface area is 170 Å². The van der Waals surface area contributed by atoms with Crippen LogP contribution in [0, 0.1) is 27.7 Å². The van der Waals surface area contributed by atoms with Gasteiger partial charge in [-0.1, -0.05) is 29.8 Å². The number of nitrogens with one attached hydrogen (secondary N) is 2. The first kappa shape index (κ1) is 21.6. The molecule has 1 atom stereocenters. The van der Waals surface area contributed by atoms with Crippen molar-refractivity contribution in [1.29, 1.82) is 0 Å². The van der Waals surface area contributed by atoms with E-state index in [0.717, 1.165) is 22.3 Å². The van der Waals surface area contributed by atoms with E-state index < -0.39 is 17.9 Å². The van der Waals surface area contributed by atoms with E-state index in [1.807, 2.05) is 45.9 Å². The van der Waals surface area contributed by atoms with Gasteiger partial charge in [0.2, 0.25) is 0 Å². The van der Waals surface area contributed by atoms with E-state index in [0.29, 0.717) is 16.5 Å². The van der Waals surface area contributed by atoms with E-state index >= 15 is 0 Å². The molecule has 2 amide bonds. The van der Waals surface area contributed by atoms with E-state index in [9.17, 15) is 9.59 Å². The van der Waals surface area contributed by atoms with Gasteiger partial charge in [0.25, 0.3) is 11.8 Å². The molecule has 6 nitrogen and oxygen atoms in total. The molecular formula is C21H25ClN2O4. The highest BCUT2D eigenvalue weighted by atomic mass is 35.5. The second-order valence-corrected chi connectivity index (χ2v) is 7.06. The van der Waals surface area contributed by atoms with E-state index in [-0.39, 0.29) is 6.61 Å². The summed E-state index contributed by atoms with van der Waals surface area (Å²) in [6, 6.07) is 9.24. The molecule has 0 heterocycles. The highest BCUT2D eigenvalue weighted by molar-refractivity contribution is 6.32. The highest BCUT2D eigenvalue weighted by Gasteiger charge is 2.17. The molecule has 0 radical (unpaired) electrons. The highest BCUT2D eigenvalue weighted by Crippen LogP contribution is 2.26. The molecular weight excluding hydrogens is 380 g/mol. The van der Waals surface area contributed by atoms with Gasteiger partial charge in [-0.15, -0.1) is 0 Å². The van der Waals surface area contributed by atoms with Crippen molar-refractivity contribution in [2.45, 2.75) is 40.7 Å². The molecule has 0 aliphatic rings. The molecule has 0 spiro atoms. The second-order valence-electron chi connectivity index (χ2n) is 6.68. The second kappa shape index (κ2) is 9.46. The fraction of sp³-hybridized carbons (Fsp3) is 0.333. The van der Waals surface area contributed by atoms with Crippen molar-refractivity contribution in [3.05, 3.63) is 57.6 Å². The monoisotopic (exact) mass is 404 g/mol. The van der Waals surface area contributed by atoms with Crippen LogP contribution >= 0.6 is 11.6 Å². The summed E-state index contributed by atoms with van der Waals surface area (Å²) in [6.07, 6.45) is -0.775. The maximum Gasteiger partial charge on any atom is 0.279 e. The molecule has 0 aliphatic carbocycles. The normalized spacial score (nSPS) is 11.5. The predicted molar refractivity (Wildman–Crippen MR) is 109 cm³/mol. The summed E-state index contributed by atoms with van der Waals surface area (Å²) in [6.45, 7) is 8.91. The van der Waals surface area contributed by atoms with Crippen molar-refractivity contribution in [2.75, 3.05) is 6.61 Å². The van der Waals surface area contributed by atoms with Crippen LogP contribution in [-0.4, -0.2) is 24.5 Å². The van der Waals surface area contributed by atoms with Crippen LogP contribution in [0.4, 0.5) is 0 Å². The lowest BCUT2D eigenvalue weighted by molar-refractivity contribution is -0.133. The molecule has 2 rings (SSSR count). The maximum atomic E-state index is 12.2. The summed E-state index contributed by atoms with van der Waals surface area (Å²) in [7, 11) is 0. The van der Waals surface area contributed by atoms with Crippen LogP contribution in [0.3, 0.4) is 0 Å². The average Bonchev–Trinajstić information content (AvgIpc) is 2.65. The van der Waals surface area contributed by atoms with Gasteiger partial charge in [0.15, 0.2) is 12.7 Å². The number of carbonyl (C=O) groups is 2. The number of hydrogen-bond donors (Lipinski definition) is 2. The number of halogens is 1. The number of hydrazine groups is 1. The Balaban J connectivity index is 1.82. The Morgan fingerprint density at radius 2 is 1.57 bits per heavy atom. The van der Waals surface area contributed by atoms with Gasteiger partial charge in [-0.25, -0.2) is 0 Å². The smallest absolute Gasteiger partial charge is 0.279 e. The predicted octanol–water partition coefficient (Wildman–Crippen LogP) is 3.57. The fourth-order valence-corrected chi connectivity index (χ4v) is 2.73. The molecule has 28 heavy (non-hydrogen) atoms. The van der Waals surface area contributed by atoms with Crippen molar-refractivity contribution in [2.24, 2.45) is 0 Å². The van der Waals surface area contributed by atoms with Gasteiger partial charge >= 0.3 is 0 Å². The topological polar surface area (TPSA) is 76.7 Å². The standard InChI is InChI=1S/C21H25ClN2O4/c1-12-7-6-8-13(2)20(12)28-16(5)21(26)24-23-18(25)11-27-17-9-14(3)19(22)15(4)10-17/h6-10,16H,11H2,1-5H3,(H,23,25)(H,24,26)/t16-/m0/s1. The molecule has 0 fully saturated rings. The lowest BCUT2D eigenvalue weighted by atomic mass is 10.1. The molecule has 0 aromatic heterocycles. The molecule has 0 aliphatic heterocycles. The van der Waals surface area contributed by atoms with Gasteiger partial charge in [0.05, 0.1) is 0 Å². The number of carbonyl (C=O) groups excluding carboxylic acids is 2. The van der Waals surface area contributed by atoms with E-state index in [1.165, 1.54) is 0 Å². The summed E-state index contributed by atoms with van der Waals surface area (Å²) in [4.78, 5) is 24.1. The zero-order valence-corrected chi connectivity index (χ0v) is 17.4. The van der Waals surface area contributed by atoms with Crippen molar-refractivity contribution < 1.29 is 19.1 Å². The number of amides is 2. The first-order valence-corrected chi connectivity index (χ1v) is 9.28. The number of hydrogen-bond acceptors (Lipinski definition) is 4. The lowest BCUT2D eigenvalue weighted by Gasteiger charge is -2.18. The van der Waals surface area contributed by atoms with Crippen molar-refractivity contribution in [1.82, 2.24) is 10.9 Å². The Morgan fingerprint density at radius 1 is 1.00 bits per heavy atom. The summed E-state index contributed by atoms with van der Waals surface area (Å²) >= 11 is 6.11. The minimum atomic E-state index is -0.775. The van der Waals surface area contributed by atoms with Gasteiger partial charge in [-0.3, -0.25) is 20.4 Å². The molecule has 0 saturated carbocycles. The van der Waals surface area contributed by atoms with Crippen LogP contribution in [0.25, 0.3) is 0 Å². The van der Waals surface area contributed by atoms with Gasteiger partial charge in [0, 0.05) is 5.02 Å². The molecule has 2 aromatic rings. The minimum absolute atomic E-state index is 0.243. The van der Waals surface area contributed by atoms with Crippen molar-refractivity contribution in [3.8, 4) is 11.5 Å². The fourth-order valence-electron chi connectivity index (χ4n) is 2.62. The maximum absolute atomic E-state index is 12.2. The molecule has 0 bridgehead atoms. The molecule has 150 valence electrons. The molecule has 2 N–H and O–H groups in total. The third-order valence-corrected chi connectivity index (χ3v) is 4.77. The number of benzene rings is 2. The zero-order chi connectivity index (χ0) is 20.8. The zero-order valence-electron chi connectivity index (χ0n) is 16.7. The number of ether oxygens (including phenoxy) is 2. The van der Waals surface area contributed by atoms with Crippen LogP contribution in [-0.2, 0) is 9.59 Å². The van der Waals surface area contributed by atoms with Gasteiger partial charge in [-0.2, -0.15) is 0 Å². The van der Waals surface area contributed by atoms with Gasteiger partial charge < -0.3 is 9.47 Å². The molecule has 0 unspecified atom stereocenters. The summed E-state index contributed by atoms with van der Waals surface area (Å²) < 4.78 is 11.2. The van der Waals surface area contributed by atoms with Crippen molar-refractivity contribution >= 4 is 23.4 Å². The van der Waals surface area contributed by atoms with E-state index in [1.54, 1.807) is 19.1 Å². The summed E-state index contributed by atoms with van der Waals surface area (Å²) in [5.74, 6) is 0.243. The third-order valence-electron chi connectivity index (χ3n) is 4.18. The average molecular weight is 405 g/mol. The Hall–Kier alpha value is -2.73. The Morgan fingerprint density at radius 3 is 2.14 bits per heavy atom. The molecule has 2 aromatic carbocycles. The first-order chi connectivity index (χ1) is 13.2. The Kier molecular flexibility index (Phi) is 7.29. The van der Waals surface area contributed by atoms with E-state index in [4.69, 9.17) is 21.1 Å². The molecule has 7 heteroatoms. The van der Waals surface area contributed by atoms with Gasteiger partial charge in [-0.05, 0) is 69.0 Å². The van der Waals surface area contributed by atoms with Crippen LogP contribution in [0.15, 0.2) is 30.3 Å². The van der Waals surface area contributed by atoms with Crippen LogP contribution in [0.2, 0.25) is 5.02 Å². The Bertz CT molecular complexity index is 839. The quantitative estimate of drug-likeness (QED) is 0.721. The number of aryl methyl sites for hydroxylation is 4. The first-order valence-electron chi connectivity index (χ1n) is 8.90. The largest absolute Gasteiger partial charge is 0.484 e. The van der Waals surface area contributed by atoms with Crippen LogP contribution < -0.4 is 20.3 Å². The number of rotatable bonds is 6. The van der Waals surface area contributed by atoms with Crippen molar-refractivity contribution in [3.63, 3.8) is 0 Å². The number of para-hydroxylation sites is 1. The van der Waals surface area contributed by atoms with Gasteiger partial charge in [0.1, 0.15) is 11.5 Å². The lowest BCUT2D eigenvalue weighted by Crippen LogP contribution is -2.48. The van der Waals surface area contributed by atoms with E-state index in [2.05, 4.69) is 10.9 Å². The van der Waals surface area contributed by atoms with Crippen LogP contribution in [0.1, 0.15) is 29.2 Å². The third kappa shape index (κ3) is 5.63. The van der Waals surface area contributed by atoms with Crippen LogP contribution in [0.5, 0.6) is 11.5 Å². The summed E-state index contributed by atoms with van der Waals surface area (Å²) in [5, 5.41) is 0.668. The molecule has 0 saturated heterocycles.